The summed E-state index contributed by atoms with van der Waals surface area (Å²) in [7, 11) is 0. The maximum absolute atomic E-state index is 11.8. The number of rotatable bonds is 5. The highest BCUT2D eigenvalue weighted by molar-refractivity contribution is 5.99. The van der Waals surface area contributed by atoms with Crippen molar-refractivity contribution in [3.63, 3.8) is 0 Å². The molecular weight excluding hydrogens is 190 g/mol. The molecule has 0 saturated carbocycles. The summed E-state index contributed by atoms with van der Waals surface area (Å²) in [5.74, 6) is 0.0521. The molecule has 0 radical (unpaired) electrons. The van der Waals surface area contributed by atoms with Gasteiger partial charge in [0.25, 0.3) is 0 Å². The fraction of sp³-hybridized carbons (Fsp3) is 0.417. The number of carbonyl (C=O) groups is 1. The van der Waals surface area contributed by atoms with E-state index in [-0.39, 0.29) is 11.8 Å². The first kappa shape index (κ1) is 11.9. The van der Waals surface area contributed by atoms with Crippen LogP contribution >= 0.6 is 0 Å². The summed E-state index contributed by atoms with van der Waals surface area (Å²) in [6.07, 6.45) is -0.434. The van der Waals surface area contributed by atoms with Crippen LogP contribution in [-0.4, -0.2) is 29.6 Å². The zero-order chi connectivity index (χ0) is 11.3. The van der Waals surface area contributed by atoms with Gasteiger partial charge >= 0.3 is 0 Å². The lowest BCUT2D eigenvalue weighted by Gasteiger charge is -2.13. The highest BCUT2D eigenvalue weighted by atomic mass is 16.3. The van der Waals surface area contributed by atoms with Crippen molar-refractivity contribution >= 4 is 5.78 Å². The Hall–Kier alpha value is -1.19. The summed E-state index contributed by atoms with van der Waals surface area (Å²) in [6.45, 7) is 3.92. The van der Waals surface area contributed by atoms with Crippen molar-refractivity contribution in [2.24, 2.45) is 0 Å². The second-order valence-corrected chi connectivity index (χ2v) is 3.71. The van der Waals surface area contributed by atoms with Gasteiger partial charge in [-0.3, -0.25) is 4.79 Å². The van der Waals surface area contributed by atoms with Crippen LogP contribution in [0.3, 0.4) is 0 Å². The Labute approximate surface area is 90.1 Å². The molecule has 3 nitrogen and oxygen atoms in total. The molecule has 1 aromatic rings. The van der Waals surface area contributed by atoms with E-state index in [2.05, 4.69) is 5.32 Å². The predicted octanol–water partition coefficient (Wildman–Crippen LogP) is 1.23. The largest absolute Gasteiger partial charge is 0.392 e. The molecule has 0 bridgehead atoms. The lowest BCUT2D eigenvalue weighted by molar-refractivity contribution is 0.0941. The van der Waals surface area contributed by atoms with Crippen LogP contribution in [0, 0.1) is 0 Å². The number of aliphatic hydroxyl groups is 1. The Morgan fingerprint density at radius 2 is 1.93 bits per heavy atom. The van der Waals surface area contributed by atoms with E-state index in [4.69, 9.17) is 5.11 Å². The summed E-state index contributed by atoms with van der Waals surface area (Å²) in [5, 5.41) is 12.1. The van der Waals surface area contributed by atoms with E-state index >= 15 is 0 Å². The normalized spacial score (nSPS) is 14.6. The van der Waals surface area contributed by atoms with Gasteiger partial charge in [-0.25, -0.2) is 0 Å². The third kappa shape index (κ3) is 3.81. The van der Waals surface area contributed by atoms with Gasteiger partial charge in [0.2, 0.25) is 0 Å². The minimum Gasteiger partial charge on any atom is -0.392 e. The minimum atomic E-state index is -0.434. The number of nitrogens with one attached hydrogen (secondary N) is 1. The Bertz CT molecular complexity index is 309. The number of hydrogen-bond donors (Lipinski definition) is 2. The number of ketones is 1. The van der Waals surface area contributed by atoms with Crippen LogP contribution in [0.2, 0.25) is 0 Å². The van der Waals surface area contributed by atoms with Crippen LogP contribution in [0.5, 0.6) is 0 Å². The van der Waals surface area contributed by atoms with E-state index in [0.29, 0.717) is 12.1 Å². The van der Waals surface area contributed by atoms with Crippen molar-refractivity contribution in [2.45, 2.75) is 26.0 Å². The third-order valence-corrected chi connectivity index (χ3v) is 2.17. The van der Waals surface area contributed by atoms with Crippen LogP contribution in [0.4, 0.5) is 0 Å². The molecule has 1 aromatic carbocycles. The molecule has 0 aromatic heterocycles. The molecule has 2 N–H and O–H groups in total. The monoisotopic (exact) mass is 207 g/mol. The molecule has 0 fully saturated rings. The van der Waals surface area contributed by atoms with Gasteiger partial charge in [-0.2, -0.15) is 0 Å². The Morgan fingerprint density at radius 3 is 2.47 bits per heavy atom. The van der Waals surface area contributed by atoms with Gasteiger partial charge in [-0.15, -0.1) is 0 Å². The first-order valence-electron chi connectivity index (χ1n) is 5.12. The molecule has 0 aliphatic heterocycles. The SMILES string of the molecule is CC(O)CNC(C)C(=O)c1ccccc1. The lowest BCUT2D eigenvalue weighted by atomic mass is 10.1. The van der Waals surface area contributed by atoms with Gasteiger partial charge in [0.1, 0.15) is 0 Å². The fourth-order valence-electron chi connectivity index (χ4n) is 1.29. The molecule has 0 heterocycles. The summed E-state index contributed by atoms with van der Waals surface area (Å²) >= 11 is 0. The number of hydrogen-bond acceptors (Lipinski definition) is 3. The summed E-state index contributed by atoms with van der Waals surface area (Å²) in [6, 6.07) is 8.89. The molecule has 0 spiro atoms. The molecule has 2 atom stereocenters. The van der Waals surface area contributed by atoms with E-state index in [1.165, 1.54) is 0 Å². The quantitative estimate of drug-likeness (QED) is 0.714. The average Bonchev–Trinajstić information content (AvgIpc) is 2.26. The summed E-state index contributed by atoms with van der Waals surface area (Å²) in [5.41, 5.74) is 0.697. The highest BCUT2D eigenvalue weighted by Gasteiger charge is 2.14. The van der Waals surface area contributed by atoms with E-state index in [9.17, 15) is 4.79 Å². The minimum absolute atomic E-state index is 0.0521. The second kappa shape index (κ2) is 5.63. The maximum Gasteiger partial charge on any atom is 0.179 e. The molecular formula is C12H17NO2. The first-order valence-corrected chi connectivity index (χ1v) is 5.12. The van der Waals surface area contributed by atoms with Crippen molar-refractivity contribution < 1.29 is 9.90 Å². The predicted molar refractivity (Wildman–Crippen MR) is 59.9 cm³/mol. The molecule has 3 heteroatoms. The van der Waals surface area contributed by atoms with Gasteiger partial charge in [-0.1, -0.05) is 30.3 Å². The van der Waals surface area contributed by atoms with Crippen LogP contribution in [-0.2, 0) is 0 Å². The van der Waals surface area contributed by atoms with E-state index < -0.39 is 6.10 Å². The Kier molecular flexibility index (Phi) is 4.46. The standard InChI is InChI=1S/C12H17NO2/c1-9(14)8-13-10(2)12(15)11-6-4-3-5-7-11/h3-7,9-10,13-14H,8H2,1-2H3. The topological polar surface area (TPSA) is 49.3 Å². The lowest BCUT2D eigenvalue weighted by Crippen LogP contribution is -2.38. The van der Waals surface area contributed by atoms with Crippen molar-refractivity contribution in [2.75, 3.05) is 6.54 Å². The molecule has 0 aliphatic rings. The number of benzene rings is 1. The Balaban J connectivity index is 2.54. The molecule has 15 heavy (non-hydrogen) atoms. The van der Waals surface area contributed by atoms with Crippen LogP contribution < -0.4 is 5.32 Å². The van der Waals surface area contributed by atoms with E-state index in [1.54, 1.807) is 26.0 Å². The van der Waals surface area contributed by atoms with Gasteiger partial charge in [0.15, 0.2) is 5.78 Å². The van der Waals surface area contributed by atoms with Crippen molar-refractivity contribution in [1.29, 1.82) is 0 Å². The number of aliphatic hydroxyl groups excluding tert-OH is 1. The van der Waals surface area contributed by atoms with Crippen LogP contribution in [0.1, 0.15) is 24.2 Å². The fourth-order valence-corrected chi connectivity index (χ4v) is 1.29. The molecule has 0 aliphatic carbocycles. The van der Waals surface area contributed by atoms with Crippen LogP contribution in [0.25, 0.3) is 0 Å². The average molecular weight is 207 g/mol. The molecule has 1 rings (SSSR count). The van der Waals surface area contributed by atoms with Gasteiger partial charge in [-0.05, 0) is 13.8 Å². The van der Waals surface area contributed by atoms with E-state index in [1.807, 2.05) is 18.2 Å². The zero-order valence-corrected chi connectivity index (χ0v) is 9.10. The summed E-state index contributed by atoms with van der Waals surface area (Å²) < 4.78 is 0. The maximum atomic E-state index is 11.8. The van der Waals surface area contributed by atoms with E-state index in [0.717, 1.165) is 0 Å². The zero-order valence-electron chi connectivity index (χ0n) is 9.10. The van der Waals surface area contributed by atoms with Crippen LogP contribution in [0.15, 0.2) is 30.3 Å². The highest BCUT2D eigenvalue weighted by Crippen LogP contribution is 2.03. The van der Waals surface area contributed by atoms with Gasteiger partial charge < -0.3 is 10.4 Å². The molecule has 0 saturated heterocycles. The van der Waals surface area contributed by atoms with Crippen molar-refractivity contribution in [3.8, 4) is 0 Å². The molecule has 2 unspecified atom stereocenters. The smallest absolute Gasteiger partial charge is 0.179 e. The Morgan fingerprint density at radius 1 is 1.33 bits per heavy atom. The van der Waals surface area contributed by atoms with Gasteiger partial charge in [0, 0.05) is 12.1 Å². The molecule has 0 amide bonds. The second-order valence-electron chi connectivity index (χ2n) is 3.71. The van der Waals surface area contributed by atoms with Crippen molar-refractivity contribution in [3.05, 3.63) is 35.9 Å². The number of Topliss-reactive ketones (excluding diaryl/α,β-unsaturated/α-hetero) is 1. The number of carbonyl (C=O) groups excluding carboxylic acids is 1. The third-order valence-electron chi connectivity index (χ3n) is 2.17. The van der Waals surface area contributed by atoms with Crippen molar-refractivity contribution in [1.82, 2.24) is 5.32 Å². The molecule has 82 valence electrons. The summed E-state index contributed by atoms with van der Waals surface area (Å²) in [4.78, 5) is 11.8. The first-order chi connectivity index (χ1) is 7.11. The van der Waals surface area contributed by atoms with Gasteiger partial charge in [0.05, 0.1) is 12.1 Å².